The van der Waals surface area contributed by atoms with E-state index in [0.29, 0.717) is 11.5 Å². The summed E-state index contributed by atoms with van der Waals surface area (Å²) in [6.07, 6.45) is 3.98. The van der Waals surface area contributed by atoms with E-state index in [0.717, 1.165) is 23.4 Å². The van der Waals surface area contributed by atoms with Gasteiger partial charge >= 0.3 is 0 Å². The molecule has 0 radical (unpaired) electrons. The number of hydrogen-bond donors (Lipinski definition) is 2. The van der Waals surface area contributed by atoms with Crippen molar-refractivity contribution < 1.29 is 4.79 Å². The Morgan fingerprint density at radius 2 is 1.79 bits per heavy atom. The van der Waals surface area contributed by atoms with Crippen LogP contribution >= 0.6 is 0 Å². The molecular formula is C22H25N5O. The number of rotatable bonds is 6. The molecular weight excluding hydrogens is 350 g/mol. The fourth-order valence-corrected chi connectivity index (χ4v) is 2.88. The minimum absolute atomic E-state index is 0.266. The Morgan fingerprint density at radius 1 is 1.04 bits per heavy atom. The van der Waals surface area contributed by atoms with Gasteiger partial charge in [-0.1, -0.05) is 25.1 Å². The Morgan fingerprint density at radius 3 is 2.39 bits per heavy atom. The van der Waals surface area contributed by atoms with Crippen molar-refractivity contribution in [3.8, 4) is 0 Å². The number of amides is 1. The number of anilines is 4. The van der Waals surface area contributed by atoms with Crippen molar-refractivity contribution in [1.82, 2.24) is 9.97 Å². The highest BCUT2D eigenvalue weighted by Gasteiger charge is 2.10. The summed E-state index contributed by atoms with van der Waals surface area (Å²) in [4.78, 5) is 23.0. The lowest BCUT2D eigenvalue weighted by atomic mass is 10.1. The first-order valence-corrected chi connectivity index (χ1v) is 9.24. The molecule has 0 fully saturated rings. The highest BCUT2D eigenvalue weighted by molar-refractivity contribution is 6.02. The molecule has 0 bridgehead atoms. The van der Waals surface area contributed by atoms with Gasteiger partial charge in [-0.15, -0.1) is 0 Å². The summed E-state index contributed by atoms with van der Waals surface area (Å²) in [5.74, 6) is 0.317. The summed E-state index contributed by atoms with van der Waals surface area (Å²) in [7, 11) is 3.94. The summed E-state index contributed by atoms with van der Waals surface area (Å²) in [5.41, 5.74) is 5.44. The molecule has 0 saturated carbocycles. The fraction of sp³-hybridized carbons (Fsp3) is 0.227. The third kappa shape index (κ3) is 4.46. The second-order valence-electron chi connectivity index (χ2n) is 6.77. The number of hydrogen-bond acceptors (Lipinski definition) is 5. The molecule has 144 valence electrons. The van der Waals surface area contributed by atoms with Crippen molar-refractivity contribution in [3.05, 3.63) is 71.7 Å². The first-order chi connectivity index (χ1) is 13.5. The molecule has 0 aliphatic heterocycles. The van der Waals surface area contributed by atoms with Gasteiger partial charge < -0.3 is 15.5 Å². The molecule has 28 heavy (non-hydrogen) atoms. The van der Waals surface area contributed by atoms with E-state index in [1.165, 1.54) is 11.8 Å². The highest BCUT2D eigenvalue weighted by Crippen LogP contribution is 2.24. The molecule has 0 aliphatic rings. The van der Waals surface area contributed by atoms with Crippen LogP contribution in [-0.4, -0.2) is 30.0 Å². The standard InChI is InChI=1S/C22H25N5O/c1-5-16-8-6-7-15(2)21(16)26-20-14-23-19(13-24-20)22(28)25-17-9-11-18(12-10-17)27(3)4/h6-14H,5H2,1-4H3,(H,24,26)(H,25,28). The zero-order valence-electron chi connectivity index (χ0n) is 16.7. The van der Waals surface area contributed by atoms with E-state index in [2.05, 4.69) is 46.6 Å². The smallest absolute Gasteiger partial charge is 0.275 e. The van der Waals surface area contributed by atoms with Crippen LogP contribution in [0.25, 0.3) is 0 Å². The van der Waals surface area contributed by atoms with Gasteiger partial charge in [0.25, 0.3) is 5.91 Å². The lowest BCUT2D eigenvalue weighted by Crippen LogP contribution is -2.14. The Labute approximate surface area is 165 Å². The molecule has 0 saturated heterocycles. The highest BCUT2D eigenvalue weighted by atomic mass is 16.1. The molecule has 6 heteroatoms. The van der Waals surface area contributed by atoms with Crippen molar-refractivity contribution in [3.63, 3.8) is 0 Å². The first kappa shape index (κ1) is 19.4. The Balaban J connectivity index is 1.69. The van der Waals surface area contributed by atoms with Gasteiger partial charge in [-0.2, -0.15) is 0 Å². The lowest BCUT2D eigenvalue weighted by Gasteiger charge is -2.14. The van der Waals surface area contributed by atoms with Crippen LogP contribution in [0, 0.1) is 6.92 Å². The Kier molecular flexibility index (Phi) is 5.89. The molecule has 3 rings (SSSR count). The Bertz CT molecular complexity index is 950. The maximum absolute atomic E-state index is 12.4. The third-order valence-electron chi connectivity index (χ3n) is 4.52. The van der Waals surface area contributed by atoms with Gasteiger partial charge in [0.1, 0.15) is 11.5 Å². The summed E-state index contributed by atoms with van der Waals surface area (Å²) in [5, 5.41) is 6.15. The zero-order valence-corrected chi connectivity index (χ0v) is 16.7. The SMILES string of the molecule is CCc1cccc(C)c1Nc1cnc(C(=O)Nc2ccc(N(C)C)cc2)cn1. The molecule has 2 aromatic carbocycles. The van der Waals surface area contributed by atoms with Crippen LogP contribution in [0.3, 0.4) is 0 Å². The quantitative estimate of drug-likeness (QED) is 0.668. The molecule has 1 amide bonds. The molecule has 3 aromatic rings. The normalized spacial score (nSPS) is 10.4. The van der Waals surface area contributed by atoms with Crippen LogP contribution in [-0.2, 0) is 6.42 Å². The van der Waals surface area contributed by atoms with Crippen LogP contribution < -0.4 is 15.5 Å². The predicted molar refractivity (Wildman–Crippen MR) is 115 cm³/mol. The molecule has 0 unspecified atom stereocenters. The maximum atomic E-state index is 12.4. The largest absolute Gasteiger partial charge is 0.378 e. The van der Waals surface area contributed by atoms with Crippen LogP contribution in [0.2, 0.25) is 0 Å². The zero-order chi connectivity index (χ0) is 20.1. The summed E-state index contributed by atoms with van der Waals surface area (Å²) in [6, 6.07) is 13.8. The van der Waals surface area contributed by atoms with E-state index in [1.54, 1.807) is 6.20 Å². The van der Waals surface area contributed by atoms with Crippen LogP contribution in [0.5, 0.6) is 0 Å². The van der Waals surface area contributed by atoms with Gasteiger partial charge in [-0.25, -0.2) is 9.97 Å². The van der Waals surface area contributed by atoms with Crippen LogP contribution in [0.15, 0.2) is 54.9 Å². The second-order valence-corrected chi connectivity index (χ2v) is 6.77. The van der Waals surface area contributed by atoms with Gasteiger partial charge in [0, 0.05) is 31.2 Å². The molecule has 2 N–H and O–H groups in total. The third-order valence-corrected chi connectivity index (χ3v) is 4.52. The van der Waals surface area contributed by atoms with E-state index in [4.69, 9.17) is 0 Å². The average Bonchev–Trinajstić information content (AvgIpc) is 2.70. The molecule has 1 aromatic heterocycles. The van der Waals surface area contributed by atoms with E-state index >= 15 is 0 Å². The topological polar surface area (TPSA) is 70.2 Å². The van der Waals surface area contributed by atoms with E-state index < -0.39 is 0 Å². The minimum atomic E-state index is -0.290. The second kappa shape index (κ2) is 8.52. The summed E-state index contributed by atoms with van der Waals surface area (Å²) >= 11 is 0. The predicted octanol–water partition coefficient (Wildman–Crippen LogP) is 4.41. The monoisotopic (exact) mass is 375 g/mol. The van der Waals surface area contributed by atoms with E-state index in [9.17, 15) is 4.79 Å². The van der Waals surface area contributed by atoms with Gasteiger partial charge in [0.05, 0.1) is 12.4 Å². The van der Waals surface area contributed by atoms with Crippen molar-refractivity contribution in [2.45, 2.75) is 20.3 Å². The number of aromatic nitrogens is 2. The van der Waals surface area contributed by atoms with Crippen molar-refractivity contribution in [2.24, 2.45) is 0 Å². The summed E-state index contributed by atoms with van der Waals surface area (Å²) < 4.78 is 0. The number of carbonyl (C=O) groups is 1. The number of para-hydroxylation sites is 1. The lowest BCUT2D eigenvalue weighted by molar-refractivity contribution is 0.102. The number of aryl methyl sites for hydroxylation is 2. The number of nitrogens with zero attached hydrogens (tertiary/aromatic N) is 3. The summed E-state index contributed by atoms with van der Waals surface area (Å²) in [6.45, 7) is 4.17. The minimum Gasteiger partial charge on any atom is -0.378 e. The van der Waals surface area contributed by atoms with E-state index in [1.807, 2.05) is 49.3 Å². The van der Waals surface area contributed by atoms with Crippen LogP contribution in [0.4, 0.5) is 22.9 Å². The van der Waals surface area contributed by atoms with Gasteiger partial charge in [0.2, 0.25) is 0 Å². The average molecular weight is 375 g/mol. The molecule has 6 nitrogen and oxygen atoms in total. The number of carbonyl (C=O) groups excluding carboxylic acids is 1. The fourth-order valence-electron chi connectivity index (χ4n) is 2.88. The van der Waals surface area contributed by atoms with Gasteiger partial charge in [-0.05, 0) is 48.7 Å². The molecule has 0 aliphatic carbocycles. The van der Waals surface area contributed by atoms with E-state index in [-0.39, 0.29) is 11.6 Å². The van der Waals surface area contributed by atoms with Crippen molar-refractivity contribution in [1.29, 1.82) is 0 Å². The molecule has 0 spiro atoms. The van der Waals surface area contributed by atoms with Crippen LogP contribution in [0.1, 0.15) is 28.5 Å². The molecule has 0 atom stereocenters. The van der Waals surface area contributed by atoms with Crippen molar-refractivity contribution in [2.75, 3.05) is 29.6 Å². The van der Waals surface area contributed by atoms with Gasteiger partial charge in [0.15, 0.2) is 0 Å². The van der Waals surface area contributed by atoms with Gasteiger partial charge in [-0.3, -0.25) is 4.79 Å². The Hall–Kier alpha value is -3.41. The maximum Gasteiger partial charge on any atom is 0.275 e. The number of nitrogens with one attached hydrogen (secondary N) is 2. The number of benzene rings is 2. The molecule has 1 heterocycles. The first-order valence-electron chi connectivity index (χ1n) is 9.24. The van der Waals surface area contributed by atoms with Crippen molar-refractivity contribution >= 4 is 28.8 Å².